The third-order valence-corrected chi connectivity index (χ3v) is 4.69. The number of carbonyl (C=O) groups excluding carboxylic acids is 2. The van der Waals surface area contributed by atoms with Gasteiger partial charge in [0.25, 0.3) is 0 Å². The third kappa shape index (κ3) is 4.04. The van der Waals surface area contributed by atoms with Crippen molar-refractivity contribution in [2.75, 3.05) is 19.0 Å². The number of allylic oxidation sites excluding steroid dienone is 1. The molecule has 0 radical (unpaired) electrons. The second-order valence-electron chi connectivity index (χ2n) is 5.49. The molecule has 0 atom stereocenters. The number of anilines is 1. The van der Waals surface area contributed by atoms with Crippen molar-refractivity contribution in [2.24, 2.45) is 0 Å². The zero-order valence-corrected chi connectivity index (χ0v) is 15.4. The first kappa shape index (κ1) is 18.3. The highest BCUT2D eigenvalue weighted by Gasteiger charge is 2.11. The van der Waals surface area contributed by atoms with Crippen LogP contribution >= 0.6 is 11.3 Å². The van der Waals surface area contributed by atoms with Crippen LogP contribution < -0.4 is 10.6 Å². The van der Waals surface area contributed by atoms with Gasteiger partial charge in [0.2, 0.25) is 5.91 Å². The molecule has 138 valence electrons. The van der Waals surface area contributed by atoms with E-state index in [0.29, 0.717) is 10.8 Å². The van der Waals surface area contributed by atoms with E-state index in [0.717, 1.165) is 21.1 Å². The quantitative estimate of drug-likeness (QED) is 0.329. The van der Waals surface area contributed by atoms with Gasteiger partial charge in [-0.1, -0.05) is 30.6 Å². The number of hydrogen-bond acceptors (Lipinski definition) is 7. The molecule has 0 unspecified atom stereocenters. The number of hydrogen-bond donors (Lipinski definition) is 3. The molecule has 2 aromatic heterocycles. The standard InChI is InChI=1S/C18H17N5O3S/c1-4-11(17(25)26-3)7-10(2)19-9-15(24)22-18-21-14-6-5-13-12(8-20-23-13)16(14)27-18/h4-8,19H,1-2,9H2,3H3,(H,20,23)(H,21,22,24)/b11-7+. The largest absolute Gasteiger partial charge is 0.465 e. The second-order valence-corrected chi connectivity index (χ2v) is 6.49. The van der Waals surface area contributed by atoms with Crippen LogP contribution in [0.5, 0.6) is 0 Å². The van der Waals surface area contributed by atoms with Gasteiger partial charge in [0, 0.05) is 11.1 Å². The Kier molecular flexibility index (Phi) is 5.32. The molecule has 0 bridgehead atoms. The van der Waals surface area contributed by atoms with E-state index in [4.69, 9.17) is 0 Å². The fraction of sp³-hybridized carbons (Fsp3) is 0.111. The Morgan fingerprint density at radius 2 is 2.22 bits per heavy atom. The van der Waals surface area contributed by atoms with Crippen molar-refractivity contribution in [3.8, 4) is 0 Å². The maximum absolute atomic E-state index is 12.2. The first-order valence-electron chi connectivity index (χ1n) is 7.89. The molecule has 2 heterocycles. The predicted octanol–water partition coefficient (Wildman–Crippen LogP) is 2.50. The average Bonchev–Trinajstić information content (AvgIpc) is 3.29. The molecule has 0 fully saturated rings. The maximum atomic E-state index is 12.2. The number of benzene rings is 1. The van der Waals surface area contributed by atoms with Crippen molar-refractivity contribution < 1.29 is 14.3 Å². The topological polar surface area (TPSA) is 109 Å². The van der Waals surface area contributed by atoms with E-state index < -0.39 is 5.97 Å². The molecule has 3 N–H and O–H groups in total. The smallest absolute Gasteiger partial charge is 0.337 e. The van der Waals surface area contributed by atoms with Gasteiger partial charge in [0.15, 0.2) is 5.13 Å². The zero-order chi connectivity index (χ0) is 19.4. The summed E-state index contributed by atoms with van der Waals surface area (Å²) in [5, 5.41) is 14.0. The van der Waals surface area contributed by atoms with Gasteiger partial charge < -0.3 is 15.4 Å². The van der Waals surface area contributed by atoms with Crippen LogP contribution in [0.3, 0.4) is 0 Å². The molecular weight excluding hydrogens is 366 g/mol. The zero-order valence-electron chi connectivity index (χ0n) is 14.5. The highest BCUT2D eigenvalue weighted by atomic mass is 32.1. The van der Waals surface area contributed by atoms with Crippen molar-refractivity contribution >= 4 is 49.5 Å². The maximum Gasteiger partial charge on any atom is 0.337 e. The number of carbonyl (C=O) groups is 2. The van der Waals surface area contributed by atoms with Gasteiger partial charge in [-0.05, 0) is 18.2 Å². The molecule has 3 rings (SSSR count). The van der Waals surface area contributed by atoms with Gasteiger partial charge in [-0.2, -0.15) is 5.10 Å². The number of nitrogens with zero attached hydrogens (tertiary/aromatic N) is 2. The minimum atomic E-state index is -0.530. The van der Waals surface area contributed by atoms with Gasteiger partial charge in [-0.3, -0.25) is 9.89 Å². The lowest BCUT2D eigenvalue weighted by atomic mass is 10.2. The van der Waals surface area contributed by atoms with Crippen molar-refractivity contribution in [1.29, 1.82) is 0 Å². The first-order chi connectivity index (χ1) is 13.0. The Balaban J connectivity index is 1.63. The Morgan fingerprint density at radius 1 is 1.41 bits per heavy atom. The predicted molar refractivity (Wildman–Crippen MR) is 105 cm³/mol. The minimum Gasteiger partial charge on any atom is -0.465 e. The van der Waals surface area contributed by atoms with Crippen LogP contribution in [0.1, 0.15) is 0 Å². The summed E-state index contributed by atoms with van der Waals surface area (Å²) in [6.45, 7) is 7.27. The Hall–Kier alpha value is -3.46. The van der Waals surface area contributed by atoms with Crippen molar-refractivity contribution in [3.63, 3.8) is 0 Å². The van der Waals surface area contributed by atoms with Crippen LogP contribution in [0, 0.1) is 0 Å². The number of fused-ring (bicyclic) bond motifs is 3. The van der Waals surface area contributed by atoms with E-state index in [-0.39, 0.29) is 18.0 Å². The monoisotopic (exact) mass is 383 g/mol. The number of H-pyrrole nitrogens is 1. The van der Waals surface area contributed by atoms with Crippen LogP contribution in [-0.2, 0) is 14.3 Å². The lowest BCUT2D eigenvalue weighted by Gasteiger charge is -2.07. The van der Waals surface area contributed by atoms with E-state index >= 15 is 0 Å². The summed E-state index contributed by atoms with van der Waals surface area (Å²) in [6, 6.07) is 3.77. The molecule has 0 spiro atoms. The van der Waals surface area contributed by atoms with Gasteiger partial charge in [-0.15, -0.1) is 0 Å². The molecule has 3 aromatic rings. The van der Waals surface area contributed by atoms with Crippen LogP contribution in [0.15, 0.2) is 54.9 Å². The van der Waals surface area contributed by atoms with Crippen LogP contribution in [0.25, 0.3) is 21.1 Å². The second kappa shape index (κ2) is 7.83. The molecule has 27 heavy (non-hydrogen) atoms. The van der Waals surface area contributed by atoms with E-state index in [2.05, 4.69) is 43.7 Å². The normalized spacial score (nSPS) is 11.4. The van der Waals surface area contributed by atoms with E-state index in [1.807, 2.05) is 12.1 Å². The highest BCUT2D eigenvalue weighted by molar-refractivity contribution is 7.23. The summed E-state index contributed by atoms with van der Waals surface area (Å²) in [7, 11) is 1.28. The summed E-state index contributed by atoms with van der Waals surface area (Å²) >= 11 is 1.38. The third-order valence-electron chi connectivity index (χ3n) is 3.67. The van der Waals surface area contributed by atoms with Crippen molar-refractivity contribution in [3.05, 3.63) is 54.9 Å². The average molecular weight is 383 g/mol. The van der Waals surface area contributed by atoms with Crippen LogP contribution in [0.4, 0.5) is 5.13 Å². The van der Waals surface area contributed by atoms with Gasteiger partial charge in [0.1, 0.15) is 0 Å². The summed E-state index contributed by atoms with van der Waals surface area (Å²) < 4.78 is 5.57. The number of esters is 1. The van der Waals surface area contributed by atoms with Gasteiger partial charge in [-0.25, -0.2) is 9.78 Å². The highest BCUT2D eigenvalue weighted by Crippen LogP contribution is 2.31. The van der Waals surface area contributed by atoms with E-state index in [1.54, 1.807) is 6.20 Å². The number of aromatic nitrogens is 3. The number of nitrogens with one attached hydrogen (secondary N) is 3. The Morgan fingerprint density at radius 3 is 2.96 bits per heavy atom. The molecule has 0 saturated heterocycles. The number of aromatic amines is 1. The lowest BCUT2D eigenvalue weighted by molar-refractivity contribution is -0.135. The van der Waals surface area contributed by atoms with Gasteiger partial charge in [0.05, 0.1) is 41.2 Å². The number of ether oxygens (including phenoxy) is 1. The molecular formula is C18H17N5O3S. The number of amides is 1. The van der Waals surface area contributed by atoms with Gasteiger partial charge >= 0.3 is 5.97 Å². The molecule has 8 nitrogen and oxygen atoms in total. The fourth-order valence-corrected chi connectivity index (χ4v) is 3.37. The van der Waals surface area contributed by atoms with Crippen LogP contribution in [-0.4, -0.2) is 40.7 Å². The van der Waals surface area contributed by atoms with Crippen molar-refractivity contribution in [2.45, 2.75) is 0 Å². The fourth-order valence-electron chi connectivity index (χ4n) is 2.37. The van der Waals surface area contributed by atoms with Crippen molar-refractivity contribution in [1.82, 2.24) is 20.5 Å². The molecule has 0 aliphatic carbocycles. The summed E-state index contributed by atoms with van der Waals surface area (Å²) in [5.74, 6) is -0.817. The SMILES string of the molecule is C=C/C(=C\C(=C)NCC(=O)Nc1nc2ccc3[nH]ncc3c2s1)C(=O)OC. The Labute approximate surface area is 158 Å². The summed E-state index contributed by atoms with van der Waals surface area (Å²) in [5.41, 5.74) is 2.33. The minimum absolute atomic E-state index is 0.0298. The molecule has 1 aromatic carbocycles. The molecule has 1 amide bonds. The number of thiazole rings is 1. The first-order valence-corrected chi connectivity index (χ1v) is 8.71. The van der Waals surface area contributed by atoms with E-state index in [9.17, 15) is 9.59 Å². The summed E-state index contributed by atoms with van der Waals surface area (Å²) in [4.78, 5) is 28.1. The molecule has 0 aliphatic rings. The summed E-state index contributed by atoms with van der Waals surface area (Å²) in [6.07, 6.45) is 4.55. The van der Waals surface area contributed by atoms with Crippen LogP contribution in [0.2, 0.25) is 0 Å². The lowest BCUT2D eigenvalue weighted by Crippen LogP contribution is -2.27. The van der Waals surface area contributed by atoms with E-state index in [1.165, 1.54) is 30.6 Å². The Bertz CT molecular complexity index is 1080. The number of rotatable bonds is 7. The molecule has 0 aliphatic heterocycles. The number of methoxy groups -OCH3 is 1. The molecule has 0 saturated carbocycles. The molecule has 9 heteroatoms.